The summed E-state index contributed by atoms with van der Waals surface area (Å²) in [5.41, 5.74) is 1.18. The van der Waals surface area contributed by atoms with E-state index in [0.29, 0.717) is 10.7 Å². The summed E-state index contributed by atoms with van der Waals surface area (Å²) >= 11 is 1.43. The lowest BCUT2D eigenvalue weighted by molar-refractivity contribution is -0.123. The molecule has 0 radical (unpaired) electrons. The van der Waals surface area contributed by atoms with E-state index in [1.54, 1.807) is 6.20 Å². The first kappa shape index (κ1) is 18.8. The number of nitrogens with one attached hydrogen (secondary N) is 1. The zero-order valence-corrected chi connectivity index (χ0v) is 17.4. The summed E-state index contributed by atoms with van der Waals surface area (Å²) in [5.74, 6) is -0.237. The van der Waals surface area contributed by atoms with E-state index >= 15 is 0 Å². The molecule has 29 heavy (non-hydrogen) atoms. The highest BCUT2D eigenvalue weighted by Gasteiger charge is 2.56. The predicted octanol–water partition coefficient (Wildman–Crippen LogP) is 4.97. The Balaban J connectivity index is 1.64. The Labute approximate surface area is 175 Å². The Kier molecular flexibility index (Phi) is 4.90. The van der Waals surface area contributed by atoms with Gasteiger partial charge in [0, 0.05) is 23.2 Å². The molecular formula is C23H27N3O2S. The fourth-order valence-corrected chi connectivity index (χ4v) is 6.47. The van der Waals surface area contributed by atoms with E-state index in [-0.39, 0.29) is 23.8 Å². The third kappa shape index (κ3) is 3.08. The number of anilines is 1. The van der Waals surface area contributed by atoms with Crippen molar-refractivity contribution in [1.82, 2.24) is 9.88 Å². The number of benzene rings is 1. The van der Waals surface area contributed by atoms with E-state index in [9.17, 15) is 9.59 Å². The van der Waals surface area contributed by atoms with E-state index in [2.05, 4.69) is 15.2 Å². The van der Waals surface area contributed by atoms with Crippen LogP contribution in [-0.2, 0) is 4.79 Å². The number of carbonyl (C=O) groups excluding carboxylic acids is 2. The monoisotopic (exact) mass is 409 g/mol. The maximum atomic E-state index is 13.7. The molecule has 2 saturated carbocycles. The molecule has 1 spiro atoms. The van der Waals surface area contributed by atoms with Gasteiger partial charge in [-0.3, -0.25) is 9.59 Å². The van der Waals surface area contributed by atoms with Crippen LogP contribution in [0.1, 0.15) is 79.6 Å². The average Bonchev–Trinajstić information content (AvgIpc) is 3.43. The third-order valence-corrected chi connectivity index (χ3v) is 7.76. The first-order chi connectivity index (χ1) is 14.2. The Morgan fingerprint density at radius 2 is 1.86 bits per heavy atom. The number of thiazole rings is 1. The Morgan fingerprint density at radius 3 is 2.59 bits per heavy atom. The number of rotatable bonds is 3. The summed E-state index contributed by atoms with van der Waals surface area (Å²) in [4.78, 5) is 33.9. The normalized spacial score (nSPS) is 23.9. The Morgan fingerprint density at radius 1 is 1.10 bits per heavy atom. The van der Waals surface area contributed by atoms with Gasteiger partial charge in [-0.1, -0.05) is 50.3 Å². The molecule has 152 valence electrons. The molecule has 5 rings (SSSR count). The van der Waals surface area contributed by atoms with Crippen LogP contribution in [0, 0.1) is 0 Å². The van der Waals surface area contributed by atoms with Crippen LogP contribution < -0.4 is 5.32 Å². The van der Waals surface area contributed by atoms with Crippen molar-refractivity contribution in [3.63, 3.8) is 0 Å². The average molecular weight is 410 g/mol. The van der Waals surface area contributed by atoms with Crippen molar-refractivity contribution in [3.05, 3.63) is 47.0 Å². The first-order valence-electron chi connectivity index (χ1n) is 10.8. The zero-order valence-electron chi connectivity index (χ0n) is 16.6. The van der Waals surface area contributed by atoms with E-state index in [0.717, 1.165) is 44.1 Å². The second-order valence-electron chi connectivity index (χ2n) is 8.62. The van der Waals surface area contributed by atoms with Crippen molar-refractivity contribution < 1.29 is 9.59 Å². The van der Waals surface area contributed by atoms with Crippen LogP contribution in [0.5, 0.6) is 0 Å². The first-order valence-corrected chi connectivity index (χ1v) is 11.7. The summed E-state index contributed by atoms with van der Waals surface area (Å²) in [7, 11) is 0. The number of hydrogen-bond acceptors (Lipinski definition) is 4. The highest BCUT2D eigenvalue weighted by Crippen LogP contribution is 2.51. The molecule has 5 nitrogen and oxygen atoms in total. The van der Waals surface area contributed by atoms with E-state index < -0.39 is 5.54 Å². The van der Waals surface area contributed by atoms with Crippen LogP contribution >= 0.6 is 11.3 Å². The molecule has 0 bridgehead atoms. The van der Waals surface area contributed by atoms with Crippen LogP contribution in [0.25, 0.3) is 0 Å². The largest absolute Gasteiger partial charge is 0.329 e. The SMILES string of the molecule is O=C(Nc1nccs1)[C@@H]1c2ccccc2C(=O)N(C2CCCC2)C12CCCCC2. The second-order valence-corrected chi connectivity index (χ2v) is 9.52. The van der Waals surface area contributed by atoms with Crippen LogP contribution in [0.15, 0.2) is 35.8 Å². The number of amides is 2. The van der Waals surface area contributed by atoms with Gasteiger partial charge >= 0.3 is 0 Å². The molecule has 0 unspecified atom stereocenters. The Bertz CT molecular complexity index is 899. The lowest BCUT2D eigenvalue weighted by Crippen LogP contribution is -2.64. The topological polar surface area (TPSA) is 62.3 Å². The second kappa shape index (κ2) is 7.56. The fraction of sp³-hybridized carbons (Fsp3) is 0.522. The van der Waals surface area contributed by atoms with Gasteiger partial charge in [-0.05, 0) is 37.3 Å². The Hall–Kier alpha value is -2.21. The molecule has 0 saturated heterocycles. The highest BCUT2D eigenvalue weighted by molar-refractivity contribution is 7.13. The molecule has 2 fully saturated rings. The molecule has 1 aliphatic heterocycles. The van der Waals surface area contributed by atoms with Gasteiger partial charge in [-0.25, -0.2) is 4.98 Å². The highest BCUT2D eigenvalue weighted by atomic mass is 32.1. The van der Waals surface area contributed by atoms with Gasteiger partial charge in [-0.15, -0.1) is 11.3 Å². The number of nitrogens with zero attached hydrogens (tertiary/aromatic N) is 2. The number of carbonyl (C=O) groups is 2. The molecule has 2 aliphatic carbocycles. The van der Waals surface area contributed by atoms with Gasteiger partial charge in [0.05, 0.1) is 11.5 Å². The maximum absolute atomic E-state index is 13.7. The summed E-state index contributed by atoms with van der Waals surface area (Å²) in [6, 6.07) is 8.01. The predicted molar refractivity (Wildman–Crippen MR) is 114 cm³/mol. The minimum absolute atomic E-state index is 0.0233. The molecule has 1 aromatic carbocycles. The molecule has 1 aromatic heterocycles. The molecule has 2 aromatic rings. The third-order valence-electron chi connectivity index (χ3n) is 7.07. The lowest BCUT2D eigenvalue weighted by Gasteiger charge is -2.55. The van der Waals surface area contributed by atoms with Gasteiger partial charge in [0.25, 0.3) is 5.91 Å². The molecule has 1 atom stereocenters. The van der Waals surface area contributed by atoms with Crippen molar-refractivity contribution >= 4 is 28.3 Å². The fourth-order valence-electron chi connectivity index (χ4n) is 5.94. The van der Waals surface area contributed by atoms with E-state index in [4.69, 9.17) is 0 Å². The molecule has 2 heterocycles. The van der Waals surface area contributed by atoms with Gasteiger partial charge in [0.15, 0.2) is 5.13 Å². The summed E-state index contributed by atoms with van der Waals surface area (Å²) < 4.78 is 0. The molecule has 2 amide bonds. The zero-order chi connectivity index (χ0) is 19.8. The quantitative estimate of drug-likeness (QED) is 0.779. The standard InChI is InChI=1S/C23H27N3O2S/c27-20(25-22-24-14-15-29-22)19-17-10-4-5-11-18(17)21(28)26(16-8-2-3-9-16)23(19)12-6-1-7-13-23/h4-5,10-11,14-16,19H,1-3,6-9,12-13H2,(H,24,25,27)/t19-/m0/s1. The van der Waals surface area contributed by atoms with Gasteiger partial charge in [0.1, 0.15) is 0 Å². The molecular weight excluding hydrogens is 382 g/mol. The maximum Gasteiger partial charge on any atom is 0.254 e. The van der Waals surface area contributed by atoms with Gasteiger partial charge < -0.3 is 10.2 Å². The number of hydrogen-bond donors (Lipinski definition) is 1. The summed E-state index contributed by atoms with van der Waals surface area (Å²) in [6.45, 7) is 0. The van der Waals surface area contributed by atoms with Crippen molar-refractivity contribution in [2.24, 2.45) is 0 Å². The van der Waals surface area contributed by atoms with Crippen LogP contribution in [-0.4, -0.2) is 33.3 Å². The number of aromatic nitrogens is 1. The smallest absolute Gasteiger partial charge is 0.254 e. The van der Waals surface area contributed by atoms with Gasteiger partial charge in [-0.2, -0.15) is 0 Å². The minimum Gasteiger partial charge on any atom is -0.329 e. The minimum atomic E-state index is -0.417. The van der Waals surface area contributed by atoms with Crippen molar-refractivity contribution in [2.45, 2.75) is 75.3 Å². The summed E-state index contributed by atoms with van der Waals surface area (Å²) in [6.07, 6.45) is 11.3. The molecule has 3 aliphatic rings. The molecule has 1 N–H and O–H groups in total. The van der Waals surface area contributed by atoms with Gasteiger partial charge in [0.2, 0.25) is 5.91 Å². The summed E-state index contributed by atoms with van der Waals surface area (Å²) in [5, 5.41) is 5.56. The lowest BCUT2D eigenvalue weighted by atomic mass is 9.64. The van der Waals surface area contributed by atoms with Crippen molar-refractivity contribution in [3.8, 4) is 0 Å². The van der Waals surface area contributed by atoms with Crippen LogP contribution in [0.4, 0.5) is 5.13 Å². The molecule has 6 heteroatoms. The van der Waals surface area contributed by atoms with Crippen molar-refractivity contribution in [1.29, 1.82) is 0 Å². The van der Waals surface area contributed by atoms with Crippen LogP contribution in [0.3, 0.4) is 0 Å². The van der Waals surface area contributed by atoms with Crippen molar-refractivity contribution in [2.75, 3.05) is 5.32 Å². The van der Waals surface area contributed by atoms with E-state index in [1.165, 1.54) is 30.6 Å². The number of fused-ring (bicyclic) bond motifs is 1. The van der Waals surface area contributed by atoms with Crippen LogP contribution in [0.2, 0.25) is 0 Å². The van der Waals surface area contributed by atoms with E-state index in [1.807, 2.05) is 29.6 Å².